The zero-order chi connectivity index (χ0) is 18.5. The molecule has 7 heteroatoms. The lowest BCUT2D eigenvalue weighted by atomic mass is 9.81. The summed E-state index contributed by atoms with van der Waals surface area (Å²) in [7, 11) is -3.84. The summed E-state index contributed by atoms with van der Waals surface area (Å²) in [6.45, 7) is 0. The largest absolute Gasteiger partial charge is 0.385 e. The summed E-state index contributed by atoms with van der Waals surface area (Å²) in [5.74, 6) is -0.982. The Kier molecular flexibility index (Phi) is 4.13. The number of nitrogens with zero attached hydrogens (tertiary/aromatic N) is 1. The average molecular weight is 379 g/mol. The third-order valence-corrected chi connectivity index (χ3v) is 7.45. The van der Waals surface area contributed by atoms with E-state index in [2.05, 4.69) is 0 Å². The van der Waals surface area contributed by atoms with Crippen LogP contribution in [0.2, 0.25) is 0 Å². The van der Waals surface area contributed by atoms with E-state index in [-0.39, 0.29) is 35.6 Å². The Morgan fingerprint density at radius 3 is 2.15 bits per heavy atom. The van der Waals surface area contributed by atoms with Crippen LogP contribution in [-0.2, 0) is 15.6 Å². The third kappa shape index (κ3) is 2.84. The molecule has 4 nitrogen and oxygen atoms in total. The van der Waals surface area contributed by atoms with Gasteiger partial charge in [0.1, 0.15) is 11.6 Å². The number of hydrogen-bond donors (Lipinski definition) is 1. The number of halogens is 2. The van der Waals surface area contributed by atoms with Gasteiger partial charge in [-0.05, 0) is 61.6 Å². The summed E-state index contributed by atoms with van der Waals surface area (Å²) in [5.41, 5.74) is -0.591. The second-order valence-electron chi connectivity index (χ2n) is 7.12. The predicted molar refractivity (Wildman–Crippen MR) is 91.8 cm³/mol. The van der Waals surface area contributed by atoms with Gasteiger partial charge in [0.25, 0.3) is 0 Å². The maximum absolute atomic E-state index is 13.5. The molecule has 2 aliphatic rings. The van der Waals surface area contributed by atoms with Crippen molar-refractivity contribution < 1.29 is 22.3 Å². The van der Waals surface area contributed by atoms with Crippen molar-refractivity contribution >= 4 is 10.0 Å². The zero-order valence-corrected chi connectivity index (χ0v) is 14.8. The van der Waals surface area contributed by atoms with Gasteiger partial charge < -0.3 is 5.11 Å². The molecule has 2 atom stereocenters. The van der Waals surface area contributed by atoms with Gasteiger partial charge in [-0.3, -0.25) is 0 Å². The van der Waals surface area contributed by atoms with E-state index in [4.69, 9.17) is 0 Å². The van der Waals surface area contributed by atoms with Crippen molar-refractivity contribution in [3.05, 3.63) is 65.7 Å². The topological polar surface area (TPSA) is 57.6 Å². The minimum atomic E-state index is -3.84. The molecule has 0 radical (unpaired) electrons. The molecule has 2 saturated heterocycles. The van der Waals surface area contributed by atoms with Crippen molar-refractivity contribution in [2.24, 2.45) is 0 Å². The summed E-state index contributed by atoms with van der Waals surface area (Å²) in [4.78, 5) is -0.0679. The van der Waals surface area contributed by atoms with Crippen molar-refractivity contribution in [2.75, 3.05) is 0 Å². The van der Waals surface area contributed by atoms with Gasteiger partial charge in [-0.2, -0.15) is 4.31 Å². The highest BCUT2D eigenvalue weighted by Crippen LogP contribution is 2.47. The van der Waals surface area contributed by atoms with Crippen LogP contribution in [0.25, 0.3) is 0 Å². The molecule has 0 amide bonds. The number of fused-ring (bicyclic) bond motifs is 2. The van der Waals surface area contributed by atoms with Gasteiger partial charge in [0.05, 0.1) is 10.5 Å². The Balaban J connectivity index is 1.66. The Hall–Kier alpha value is -1.83. The first-order chi connectivity index (χ1) is 12.3. The van der Waals surface area contributed by atoms with Crippen molar-refractivity contribution in [1.29, 1.82) is 0 Å². The fourth-order valence-corrected chi connectivity index (χ4v) is 6.22. The van der Waals surface area contributed by atoms with Crippen LogP contribution in [0, 0.1) is 11.6 Å². The maximum Gasteiger partial charge on any atom is 0.243 e. The SMILES string of the molecule is O=S(=O)(c1cccc(F)c1)N1C2CCC1CC(O)(c1ccc(F)cc1)C2. The van der Waals surface area contributed by atoms with Crippen molar-refractivity contribution in [3.63, 3.8) is 0 Å². The molecule has 138 valence electrons. The molecular formula is C19H19F2NO3S. The van der Waals surface area contributed by atoms with Crippen LogP contribution in [0.1, 0.15) is 31.2 Å². The molecule has 2 bridgehead atoms. The van der Waals surface area contributed by atoms with E-state index in [1.54, 1.807) is 12.1 Å². The molecule has 4 rings (SSSR count). The van der Waals surface area contributed by atoms with Crippen LogP contribution in [0.3, 0.4) is 0 Å². The summed E-state index contributed by atoms with van der Waals surface area (Å²) in [6.07, 6.45) is 1.76. The van der Waals surface area contributed by atoms with Gasteiger partial charge in [-0.1, -0.05) is 18.2 Å². The van der Waals surface area contributed by atoms with Gasteiger partial charge in [0, 0.05) is 12.1 Å². The maximum atomic E-state index is 13.5. The van der Waals surface area contributed by atoms with Gasteiger partial charge in [0.2, 0.25) is 10.0 Å². The Bertz CT molecular complexity index is 916. The van der Waals surface area contributed by atoms with Gasteiger partial charge >= 0.3 is 0 Å². The summed E-state index contributed by atoms with van der Waals surface area (Å²) < 4.78 is 54.2. The Labute approximate surface area is 151 Å². The number of rotatable bonds is 3. The van der Waals surface area contributed by atoms with Crippen LogP contribution < -0.4 is 0 Å². The molecule has 0 aromatic heterocycles. The van der Waals surface area contributed by atoms with E-state index in [0.29, 0.717) is 18.4 Å². The zero-order valence-electron chi connectivity index (χ0n) is 14.0. The normalized spacial score (nSPS) is 29.0. The molecule has 2 aromatic carbocycles. The van der Waals surface area contributed by atoms with Crippen LogP contribution in [-0.4, -0.2) is 29.9 Å². The number of aliphatic hydroxyl groups is 1. The first-order valence-corrected chi connectivity index (χ1v) is 10.0. The molecule has 2 heterocycles. The van der Waals surface area contributed by atoms with E-state index >= 15 is 0 Å². The lowest BCUT2D eigenvalue weighted by molar-refractivity contribution is -0.0340. The summed E-state index contributed by atoms with van der Waals surface area (Å²) >= 11 is 0. The monoisotopic (exact) mass is 379 g/mol. The fraction of sp³-hybridized carbons (Fsp3) is 0.368. The van der Waals surface area contributed by atoms with Crippen LogP contribution >= 0.6 is 0 Å². The molecular weight excluding hydrogens is 360 g/mol. The molecule has 2 aromatic rings. The molecule has 0 aliphatic carbocycles. The van der Waals surface area contributed by atoms with Crippen LogP contribution in [0.5, 0.6) is 0 Å². The van der Waals surface area contributed by atoms with Gasteiger partial charge in [-0.15, -0.1) is 0 Å². The summed E-state index contributed by atoms with van der Waals surface area (Å²) in [5, 5.41) is 11.1. The van der Waals surface area contributed by atoms with E-state index in [1.165, 1.54) is 34.6 Å². The minimum absolute atomic E-state index is 0.0679. The van der Waals surface area contributed by atoms with Gasteiger partial charge in [-0.25, -0.2) is 17.2 Å². The van der Waals surface area contributed by atoms with E-state index in [9.17, 15) is 22.3 Å². The molecule has 2 unspecified atom stereocenters. The standard InChI is InChI=1S/C19H19F2NO3S/c20-14-6-4-13(5-7-14)19(23)11-16-8-9-17(12-19)22(16)26(24,25)18-3-1-2-15(21)10-18/h1-7,10,16-17,23H,8-9,11-12H2. The molecule has 0 spiro atoms. The van der Waals surface area contributed by atoms with Crippen molar-refractivity contribution in [1.82, 2.24) is 4.31 Å². The Morgan fingerprint density at radius 2 is 1.58 bits per heavy atom. The average Bonchev–Trinajstić information content (AvgIpc) is 2.89. The first kappa shape index (κ1) is 17.6. The Morgan fingerprint density at radius 1 is 0.962 bits per heavy atom. The number of piperidine rings is 1. The highest BCUT2D eigenvalue weighted by molar-refractivity contribution is 7.89. The summed E-state index contributed by atoms with van der Waals surface area (Å²) in [6, 6.07) is 9.95. The smallest absolute Gasteiger partial charge is 0.243 e. The van der Waals surface area contributed by atoms with Crippen LogP contribution in [0.15, 0.2) is 53.4 Å². The third-order valence-electron chi connectivity index (χ3n) is 5.45. The molecule has 0 saturated carbocycles. The molecule has 26 heavy (non-hydrogen) atoms. The second-order valence-corrected chi connectivity index (χ2v) is 8.97. The predicted octanol–water partition coefficient (Wildman–Crippen LogP) is 3.17. The van der Waals surface area contributed by atoms with E-state index in [0.717, 1.165) is 6.07 Å². The molecule has 2 aliphatic heterocycles. The lowest BCUT2D eigenvalue weighted by Crippen LogP contribution is -2.51. The minimum Gasteiger partial charge on any atom is -0.385 e. The van der Waals surface area contributed by atoms with Crippen molar-refractivity contribution in [3.8, 4) is 0 Å². The van der Waals surface area contributed by atoms with E-state index < -0.39 is 21.4 Å². The van der Waals surface area contributed by atoms with Gasteiger partial charge in [0.15, 0.2) is 0 Å². The lowest BCUT2D eigenvalue weighted by Gasteiger charge is -2.43. The highest BCUT2D eigenvalue weighted by atomic mass is 32.2. The quantitative estimate of drug-likeness (QED) is 0.891. The molecule has 1 N–H and O–H groups in total. The van der Waals surface area contributed by atoms with E-state index in [1.807, 2.05) is 0 Å². The number of hydrogen-bond acceptors (Lipinski definition) is 3. The van der Waals surface area contributed by atoms with Crippen LogP contribution in [0.4, 0.5) is 8.78 Å². The molecule has 2 fully saturated rings. The van der Waals surface area contributed by atoms with Crippen molar-refractivity contribution in [2.45, 2.75) is 48.3 Å². The number of benzene rings is 2. The first-order valence-electron chi connectivity index (χ1n) is 8.57. The second kappa shape index (κ2) is 6.11. The highest BCUT2D eigenvalue weighted by Gasteiger charge is 2.52. The number of sulfonamides is 1. The fourth-order valence-electron chi connectivity index (χ4n) is 4.32.